The van der Waals surface area contributed by atoms with Crippen LogP contribution in [0, 0.1) is 0 Å². The number of nitrogens with zero attached hydrogens (tertiary/aromatic N) is 4. The molecule has 0 saturated carbocycles. The normalized spacial score (nSPS) is 18.7. The molecule has 0 spiro atoms. The Kier molecular flexibility index (Phi) is 7.27. The van der Waals surface area contributed by atoms with Crippen LogP contribution in [0.4, 0.5) is 5.69 Å². The third-order valence-electron chi connectivity index (χ3n) is 5.97. The summed E-state index contributed by atoms with van der Waals surface area (Å²) in [5.74, 6) is 0.0414. The zero-order valence-corrected chi connectivity index (χ0v) is 20.0. The largest absolute Gasteiger partial charge is 0.369 e. The summed E-state index contributed by atoms with van der Waals surface area (Å²) in [5.41, 5.74) is 1.14. The van der Waals surface area contributed by atoms with Crippen molar-refractivity contribution in [2.75, 3.05) is 63.8 Å². The van der Waals surface area contributed by atoms with Gasteiger partial charge in [0.25, 0.3) is 0 Å². The van der Waals surface area contributed by atoms with Gasteiger partial charge in [0.1, 0.15) is 4.90 Å². The average molecular weight is 497 g/mol. The number of carbonyl (C=O) groups excluding carboxylic acids is 1. The molecule has 2 aromatic rings. The van der Waals surface area contributed by atoms with Gasteiger partial charge in [-0.3, -0.25) is 9.69 Å². The third kappa shape index (κ3) is 5.21. The lowest BCUT2D eigenvalue weighted by molar-refractivity contribution is -0.133. The van der Waals surface area contributed by atoms with Gasteiger partial charge < -0.3 is 9.80 Å². The Hall–Kier alpha value is -1.84. The lowest BCUT2D eigenvalue weighted by Crippen LogP contribution is -2.54. The molecular formula is C22H26Cl2N4O3S. The molecular weight excluding hydrogens is 471 g/mol. The molecule has 2 aliphatic rings. The fourth-order valence-electron chi connectivity index (χ4n) is 4.08. The maximum Gasteiger partial charge on any atom is 0.244 e. The number of carbonyl (C=O) groups is 1. The molecule has 0 aromatic heterocycles. The lowest BCUT2D eigenvalue weighted by Gasteiger charge is -2.38. The second-order valence-electron chi connectivity index (χ2n) is 7.95. The predicted octanol–water partition coefficient (Wildman–Crippen LogP) is 2.65. The molecule has 0 aliphatic carbocycles. The number of benzene rings is 2. The van der Waals surface area contributed by atoms with Gasteiger partial charge in [-0.2, -0.15) is 4.31 Å². The molecule has 32 heavy (non-hydrogen) atoms. The standard InChI is InChI=1S/C22H26Cl2N4O3S/c23-18-5-7-19(8-6-18)26-11-9-25(10-12-26)17-22(29)27-13-15-28(16-14-27)32(30,31)21-4-2-1-3-20(21)24/h1-8H,9-17H2. The van der Waals surface area contributed by atoms with Crippen LogP contribution in [0.25, 0.3) is 0 Å². The van der Waals surface area contributed by atoms with E-state index in [0.29, 0.717) is 19.6 Å². The number of halogens is 2. The van der Waals surface area contributed by atoms with Crippen molar-refractivity contribution in [3.8, 4) is 0 Å². The van der Waals surface area contributed by atoms with Gasteiger partial charge in [-0.1, -0.05) is 35.3 Å². The Morgan fingerprint density at radius 2 is 1.44 bits per heavy atom. The quantitative estimate of drug-likeness (QED) is 0.636. The van der Waals surface area contributed by atoms with Gasteiger partial charge in [-0.25, -0.2) is 8.42 Å². The van der Waals surface area contributed by atoms with Crippen molar-refractivity contribution in [2.45, 2.75) is 4.90 Å². The molecule has 7 nitrogen and oxygen atoms in total. The van der Waals surface area contributed by atoms with E-state index in [1.165, 1.54) is 10.4 Å². The van der Waals surface area contributed by atoms with Crippen LogP contribution < -0.4 is 4.90 Å². The summed E-state index contributed by atoms with van der Waals surface area (Å²) in [6.45, 7) is 4.95. The van der Waals surface area contributed by atoms with E-state index < -0.39 is 10.0 Å². The number of anilines is 1. The average Bonchev–Trinajstić information content (AvgIpc) is 2.80. The molecule has 2 saturated heterocycles. The molecule has 2 heterocycles. The first kappa shape index (κ1) is 23.3. The first-order valence-corrected chi connectivity index (χ1v) is 12.8. The molecule has 1 amide bonds. The minimum absolute atomic E-state index is 0.0414. The van der Waals surface area contributed by atoms with Crippen molar-refractivity contribution in [3.63, 3.8) is 0 Å². The van der Waals surface area contributed by atoms with Gasteiger partial charge in [0, 0.05) is 63.1 Å². The topological polar surface area (TPSA) is 64.2 Å². The van der Waals surface area contributed by atoms with Gasteiger partial charge in [-0.05, 0) is 36.4 Å². The number of hydrogen-bond donors (Lipinski definition) is 0. The molecule has 2 aromatic carbocycles. The van der Waals surface area contributed by atoms with Crippen LogP contribution >= 0.6 is 23.2 Å². The smallest absolute Gasteiger partial charge is 0.244 e. The van der Waals surface area contributed by atoms with Gasteiger partial charge in [-0.15, -0.1) is 0 Å². The predicted molar refractivity (Wildman–Crippen MR) is 127 cm³/mol. The number of hydrogen-bond acceptors (Lipinski definition) is 5. The van der Waals surface area contributed by atoms with E-state index in [1.807, 2.05) is 24.3 Å². The highest BCUT2D eigenvalue weighted by Gasteiger charge is 2.32. The van der Waals surface area contributed by atoms with Crippen LogP contribution in [-0.4, -0.2) is 87.3 Å². The number of amides is 1. The van der Waals surface area contributed by atoms with Crippen molar-refractivity contribution in [1.29, 1.82) is 0 Å². The van der Waals surface area contributed by atoms with Gasteiger partial charge in [0.15, 0.2) is 0 Å². The molecule has 0 unspecified atom stereocenters. The summed E-state index contributed by atoms with van der Waals surface area (Å²) < 4.78 is 27.2. The highest BCUT2D eigenvalue weighted by Crippen LogP contribution is 2.25. The maximum atomic E-state index is 12.9. The van der Waals surface area contributed by atoms with Crippen molar-refractivity contribution in [3.05, 3.63) is 58.6 Å². The molecule has 0 atom stereocenters. The monoisotopic (exact) mass is 496 g/mol. The number of sulfonamides is 1. The Morgan fingerprint density at radius 1 is 0.812 bits per heavy atom. The van der Waals surface area contributed by atoms with Crippen LogP contribution in [0.2, 0.25) is 10.0 Å². The Morgan fingerprint density at radius 3 is 2.06 bits per heavy atom. The minimum atomic E-state index is -3.67. The first-order chi connectivity index (χ1) is 15.3. The van der Waals surface area contributed by atoms with E-state index >= 15 is 0 Å². The minimum Gasteiger partial charge on any atom is -0.369 e. The van der Waals surface area contributed by atoms with E-state index in [4.69, 9.17) is 23.2 Å². The van der Waals surface area contributed by atoms with E-state index in [1.54, 1.807) is 23.1 Å². The SMILES string of the molecule is O=C(CN1CCN(c2ccc(Cl)cc2)CC1)N1CCN(S(=O)(=O)c2ccccc2Cl)CC1. The molecule has 0 bridgehead atoms. The fraction of sp³-hybridized carbons (Fsp3) is 0.409. The highest BCUT2D eigenvalue weighted by atomic mass is 35.5. The number of rotatable bonds is 5. The summed E-state index contributed by atoms with van der Waals surface area (Å²) in [7, 11) is -3.67. The second kappa shape index (κ2) is 9.97. The zero-order chi connectivity index (χ0) is 22.7. The molecule has 10 heteroatoms. The highest BCUT2D eigenvalue weighted by molar-refractivity contribution is 7.89. The summed E-state index contributed by atoms with van der Waals surface area (Å²) in [5, 5.41) is 0.932. The summed E-state index contributed by atoms with van der Waals surface area (Å²) in [6, 6.07) is 14.2. The van der Waals surface area contributed by atoms with Gasteiger partial charge >= 0.3 is 0 Å². The van der Waals surface area contributed by atoms with Crippen molar-refractivity contribution in [2.24, 2.45) is 0 Å². The first-order valence-electron chi connectivity index (χ1n) is 10.6. The molecule has 4 rings (SSSR count). The van der Waals surface area contributed by atoms with Crippen LogP contribution in [0.15, 0.2) is 53.4 Å². The molecule has 172 valence electrons. The maximum absolute atomic E-state index is 12.9. The molecule has 0 N–H and O–H groups in total. The van der Waals surface area contributed by atoms with Crippen LogP contribution in [0.1, 0.15) is 0 Å². The summed E-state index contributed by atoms with van der Waals surface area (Å²) >= 11 is 12.1. The summed E-state index contributed by atoms with van der Waals surface area (Å²) in [4.78, 5) is 19.1. The molecule has 2 aliphatic heterocycles. The van der Waals surface area contributed by atoms with Crippen LogP contribution in [0.3, 0.4) is 0 Å². The molecule has 0 radical (unpaired) electrons. The van der Waals surface area contributed by atoms with Crippen LogP contribution in [0.5, 0.6) is 0 Å². The van der Waals surface area contributed by atoms with Gasteiger partial charge in [0.05, 0.1) is 11.6 Å². The van der Waals surface area contributed by atoms with E-state index in [0.717, 1.165) is 36.9 Å². The van der Waals surface area contributed by atoms with Crippen LogP contribution in [-0.2, 0) is 14.8 Å². The van der Waals surface area contributed by atoms with Crippen molar-refractivity contribution >= 4 is 44.8 Å². The van der Waals surface area contributed by atoms with E-state index in [-0.39, 0.29) is 28.9 Å². The lowest BCUT2D eigenvalue weighted by atomic mass is 10.2. The Balaban J connectivity index is 1.26. The second-order valence-corrected chi connectivity index (χ2v) is 10.7. The van der Waals surface area contributed by atoms with E-state index in [9.17, 15) is 13.2 Å². The Labute approximate surface area is 199 Å². The van der Waals surface area contributed by atoms with Crippen molar-refractivity contribution < 1.29 is 13.2 Å². The number of piperazine rings is 2. The fourth-order valence-corrected chi connectivity index (χ4v) is 6.12. The van der Waals surface area contributed by atoms with Crippen molar-refractivity contribution in [1.82, 2.24) is 14.1 Å². The third-order valence-corrected chi connectivity index (χ3v) is 8.62. The molecule has 2 fully saturated rings. The zero-order valence-electron chi connectivity index (χ0n) is 17.7. The Bertz CT molecular complexity index is 1050. The van der Waals surface area contributed by atoms with Gasteiger partial charge in [0.2, 0.25) is 15.9 Å². The summed E-state index contributed by atoms with van der Waals surface area (Å²) in [6.07, 6.45) is 0. The van der Waals surface area contributed by atoms with E-state index in [2.05, 4.69) is 9.80 Å².